The molecular formula is C16H17F6IN4OS. The van der Waals surface area contributed by atoms with E-state index in [2.05, 4.69) is 25.3 Å². The van der Waals surface area contributed by atoms with Crippen molar-refractivity contribution in [2.75, 3.05) is 13.7 Å². The summed E-state index contributed by atoms with van der Waals surface area (Å²) in [4.78, 5) is 7.45. The van der Waals surface area contributed by atoms with Crippen LogP contribution in [-0.2, 0) is 19.3 Å². The third-order valence-electron chi connectivity index (χ3n) is 3.26. The van der Waals surface area contributed by atoms with Gasteiger partial charge in [-0.2, -0.15) is 26.3 Å². The van der Waals surface area contributed by atoms with Crippen LogP contribution in [0.25, 0.3) is 0 Å². The molecule has 2 rings (SSSR count). The molecule has 0 radical (unpaired) electrons. The highest BCUT2D eigenvalue weighted by Crippen LogP contribution is 2.29. The molecule has 0 unspecified atom stereocenters. The normalized spacial score (nSPS) is 12.3. The Morgan fingerprint density at radius 1 is 1.07 bits per heavy atom. The van der Waals surface area contributed by atoms with Crippen molar-refractivity contribution in [3.8, 4) is 5.75 Å². The lowest BCUT2D eigenvalue weighted by Gasteiger charge is -2.12. The number of aliphatic imine (C=N–C) groups is 1. The van der Waals surface area contributed by atoms with Gasteiger partial charge in [-0.15, -0.1) is 35.3 Å². The Bertz CT molecular complexity index is 792. The van der Waals surface area contributed by atoms with Gasteiger partial charge >= 0.3 is 12.4 Å². The van der Waals surface area contributed by atoms with E-state index in [0.717, 1.165) is 22.3 Å². The molecule has 29 heavy (non-hydrogen) atoms. The van der Waals surface area contributed by atoms with Crippen molar-refractivity contribution in [2.24, 2.45) is 4.99 Å². The Labute approximate surface area is 183 Å². The molecule has 0 fully saturated rings. The van der Waals surface area contributed by atoms with Gasteiger partial charge in [0.05, 0.1) is 6.54 Å². The molecule has 1 aromatic heterocycles. The topological polar surface area (TPSA) is 58.5 Å². The molecule has 0 spiro atoms. The fourth-order valence-electron chi connectivity index (χ4n) is 1.96. The second-order valence-electron chi connectivity index (χ2n) is 5.45. The highest BCUT2D eigenvalue weighted by atomic mass is 127. The van der Waals surface area contributed by atoms with Crippen LogP contribution in [-0.4, -0.2) is 30.8 Å². The number of aromatic nitrogens is 1. The van der Waals surface area contributed by atoms with Gasteiger partial charge in [0.2, 0.25) is 0 Å². The van der Waals surface area contributed by atoms with Gasteiger partial charge in [0.1, 0.15) is 10.8 Å². The van der Waals surface area contributed by atoms with Gasteiger partial charge in [-0.25, -0.2) is 4.98 Å². The maximum Gasteiger partial charge on any atom is 0.434 e. The number of alkyl halides is 6. The van der Waals surface area contributed by atoms with Crippen LogP contribution < -0.4 is 15.4 Å². The maximum absolute atomic E-state index is 12.5. The second kappa shape index (κ2) is 10.8. The minimum Gasteiger partial charge on any atom is -0.484 e. The largest absolute Gasteiger partial charge is 0.484 e. The number of rotatable bonds is 6. The standard InChI is InChI=1S/C16H16F6N4OS.HI/c1-23-14(25-7-13-26-12(8-28-13)16(20,21)22)24-6-10-2-4-11(5-3-10)27-9-15(17,18)19;/h2-5,8H,6-7,9H2,1H3,(H2,23,24,25);1H. The number of hydrogen-bond acceptors (Lipinski definition) is 4. The average molecular weight is 554 g/mol. The zero-order valence-electron chi connectivity index (χ0n) is 14.9. The van der Waals surface area contributed by atoms with Crippen molar-refractivity contribution in [3.63, 3.8) is 0 Å². The Hall–Kier alpha value is -1.77. The van der Waals surface area contributed by atoms with Gasteiger partial charge in [-0.3, -0.25) is 4.99 Å². The predicted octanol–water partition coefficient (Wildman–Crippen LogP) is 4.59. The van der Waals surface area contributed by atoms with Gasteiger partial charge < -0.3 is 15.4 Å². The smallest absolute Gasteiger partial charge is 0.434 e. The van der Waals surface area contributed by atoms with Crippen LogP contribution in [0.2, 0.25) is 0 Å². The first-order valence-corrected chi connectivity index (χ1v) is 8.69. The first kappa shape index (κ1) is 25.3. The van der Waals surface area contributed by atoms with Crippen molar-refractivity contribution >= 4 is 41.3 Å². The van der Waals surface area contributed by atoms with E-state index in [4.69, 9.17) is 0 Å². The second-order valence-corrected chi connectivity index (χ2v) is 6.39. The number of thiazole rings is 1. The lowest BCUT2D eigenvalue weighted by Crippen LogP contribution is -2.36. The van der Waals surface area contributed by atoms with Gasteiger partial charge in [0.15, 0.2) is 18.3 Å². The number of nitrogens with one attached hydrogen (secondary N) is 2. The number of halogens is 7. The van der Waals surface area contributed by atoms with Crippen molar-refractivity contribution in [3.05, 3.63) is 45.9 Å². The molecule has 2 aromatic rings. The van der Waals surface area contributed by atoms with E-state index < -0.39 is 24.7 Å². The molecule has 1 aromatic carbocycles. The first-order chi connectivity index (χ1) is 13.1. The van der Waals surface area contributed by atoms with Crippen LogP contribution in [0.4, 0.5) is 26.3 Å². The van der Waals surface area contributed by atoms with Crippen molar-refractivity contribution in [2.45, 2.75) is 25.4 Å². The highest BCUT2D eigenvalue weighted by molar-refractivity contribution is 14.0. The van der Waals surface area contributed by atoms with E-state index in [1.54, 1.807) is 12.1 Å². The Balaban J connectivity index is 0.00000420. The SMILES string of the molecule is CN=C(NCc1ccc(OCC(F)(F)F)cc1)NCc1nc(C(F)(F)F)cs1.I. The molecule has 5 nitrogen and oxygen atoms in total. The van der Waals surface area contributed by atoms with E-state index in [1.165, 1.54) is 19.2 Å². The van der Waals surface area contributed by atoms with Gasteiger partial charge in [0.25, 0.3) is 0 Å². The fraction of sp³-hybridized carbons (Fsp3) is 0.375. The molecular weight excluding hydrogens is 537 g/mol. The zero-order valence-corrected chi connectivity index (χ0v) is 18.0. The Morgan fingerprint density at radius 3 is 2.21 bits per heavy atom. The van der Waals surface area contributed by atoms with E-state index in [9.17, 15) is 26.3 Å². The summed E-state index contributed by atoms with van der Waals surface area (Å²) >= 11 is 0.881. The summed E-state index contributed by atoms with van der Waals surface area (Å²) in [6, 6.07) is 5.99. The predicted molar refractivity (Wildman–Crippen MR) is 108 cm³/mol. The zero-order chi connectivity index (χ0) is 20.8. The Morgan fingerprint density at radius 2 is 1.69 bits per heavy atom. The molecule has 162 valence electrons. The molecule has 0 aliphatic carbocycles. The summed E-state index contributed by atoms with van der Waals surface area (Å²) in [5, 5.41) is 6.97. The third kappa shape index (κ3) is 9.06. The molecule has 0 aliphatic heterocycles. The van der Waals surface area contributed by atoms with Gasteiger partial charge in [-0.05, 0) is 17.7 Å². The molecule has 1 heterocycles. The van der Waals surface area contributed by atoms with Crippen LogP contribution in [0.1, 0.15) is 16.3 Å². The van der Waals surface area contributed by atoms with Gasteiger partial charge in [-0.1, -0.05) is 12.1 Å². The minimum absolute atomic E-state index is 0. The maximum atomic E-state index is 12.5. The third-order valence-corrected chi connectivity index (χ3v) is 4.11. The molecule has 0 amide bonds. The van der Waals surface area contributed by atoms with Crippen LogP contribution in [0, 0.1) is 0 Å². The summed E-state index contributed by atoms with van der Waals surface area (Å²) < 4.78 is 78.5. The van der Waals surface area contributed by atoms with E-state index in [0.29, 0.717) is 12.5 Å². The van der Waals surface area contributed by atoms with Crippen LogP contribution in [0.5, 0.6) is 5.75 Å². The van der Waals surface area contributed by atoms with Crippen LogP contribution >= 0.6 is 35.3 Å². The molecule has 0 aliphatic rings. The summed E-state index contributed by atoms with van der Waals surface area (Å²) in [6.07, 6.45) is -8.89. The van der Waals surface area contributed by atoms with Crippen LogP contribution in [0.3, 0.4) is 0 Å². The summed E-state index contributed by atoms with van der Waals surface area (Å²) in [5.74, 6) is 0.425. The van der Waals surface area contributed by atoms with Crippen LogP contribution in [0.15, 0.2) is 34.6 Å². The summed E-state index contributed by atoms with van der Waals surface area (Å²) in [6.45, 7) is -1.01. The van der Waals surface area contributed by atoms with Crippen molar-refractivity contribution < 1.29 is 31.1 Å². The van der Waals surface area contributed by atoms with Gasteiger partial charge in [0, 0.05) is 19.0 Å². The number of ether oxygens (including phenoxy) is 1. The lowest BCUT2D eigenvalue weighted by atomic mass is 10.2. The number of guanidine groups is 1. The van der Waals surface area contributed by atoms with Crippen molar-refractivity contribution in [1.29, 1.82) is 0 Å². The fourth-order valence-corrected chi connectivity index (χ4v) is 2.70. The van der Waals surface area contributed by atoms with Crippen molar-refractivity contribution in [1.82, 2.24) is 15.6 Å². The number of hydrogen-bond donors (Lipinski definition) is 2. The molecule has 0 saturated heterocycles. The number of benzene rings is 1. The molecule has 13 heteroatoms. The van der Waals surface area contributed by atoms with E-state index in [-0.39, 0.29) is 41.3 Å². The molecule has 0 saturated carbocycles. The lowest BCUT2D eigenvalue weighted by molar-refractivity contribution is -0.153. The minimum atomic E-state index is -4.48. The quantitative estimate of drug-likeness (QED) is 0.238. The summed E-state index contributed by atoms with van der Waals surface area (Å²) in [5.41, 5.74) is -0.194. The first-order valence-electron chi connectivity index (χ1n) is 7.81. The Kier molecular flexibility index (Phi) is 9.45. The molecule has 0 atom stereocenters. The highest BCUT2D eigenvalue weighted by Gasteiger charge is 2.33. The average Bonchev–Trinajstić information content (AvgIpc) is 3.10. The number of nitrogens with zero attached hydrogens (tertiary/aromatic N) is 2. The molecule has 2 N–H and O–H groups in total. The monoisotopic (exact) mass is 554 g/mol. The van der Waals surface area contributed by atoms with E-state index in [1.807, 2.05) is 0 Å². The van der Waals surface area contributed by atoms with E-state index >= 15 is 0 Å². The molecule has 0 bridgehead atoms. The summed E-state index contributed by atoms with van der Waals surface area (Å²) in [7, 11) is 1.49.